The molecule has 0 aliphatic carbocycles. The van der Waals surface area contributed by atoms with Crippen LogP contribution < -0.4 is 4.90 Å². The molecule has 144 valence electrons. The predicted molar refractivity (Wildman–Crippen MR) is 111 cm³/mol. The standard InChI is InChI=1S/C22H21NO4S/c1-3-4-5-15-8-12-18(13-9-15)23-20(24)19(28-22(23)26)14-16-6-10-17(11-7-16)21(25)27-2/h6-14H,3-5H2,1-2H3/b19-14-. The number of benzene rings is 2. The van der Waals surface area contributed by atoms with Crippen molar-refractivity contribution >= 4 is 40.6 Å². The van der Waals surface area contributed by atoms with Crippen LogP contribution in [0.15, 0.2) is 53.4 Å². The summed E-state index contributed by atoms with van der Waals surface area (Å²) in [6.07, 6.45) is 4.87. The van der Waals surface area contributed by atoms with Crippen molar-refractivity contribution in [1.82, 2.24) is 0 Å². The van der Waals surface area contributed by atoms with Gasteiger partial charge in [-0.25, -0.2) is 9.69 Å². The maximum atomic E-state index is 12.7. The van der Waals surface area contributed by atoms with Gasteiger partial charge in [-0.1, -0.05) is 37.6 Å². The van der Waals surface area contributed by atoms with E-state index in [1.165, 1.54) is 17.6 Å². The average molecular weight is 395 g/mol. The lowest BCUT2D eigenvalue weighted by Gasteiger charge is -2.13. The quantitative estimate of drug-likeness (QED) is 0.505. The first kappa shape index (κ1) is 19.9. The molecule has 6 heteroatoms. The van der Waals surface area contributed by atoms with Crippen molar-refractivity contribution < 1.29 is 19.1 Å². The summed E-state index contributed by atoms with van der Waals surface area (Å²) in [5.41, 5.74) is 2.93. The van der Waals surface area contributed by atoms with Crippen LogP contribution in [-0.4, -0.2) is 24.2 Å². The van der Waals surface area contributed by atoms with Crippen LogP contribution >= 0.6 is 11.8 Å². The summed E-state index contributed by atoms with van der Waals surface area (Å²) in [6, 6.07) is 14.2. The fraction of sp³-hybridized carbons (Fsp3) is 0.227. The first-order valence-corrected chi connectivity index (χ1v) is 9.90. The lowest BCUT2D eigenvalue weighted by Crippen LogP contribution is -2.27. The summed E-state index contributed by atoms with van der Waals surface area (Å²) < 4.78 is 4.67. The van der Waals surface area contributed by atoms with E-state index in [1.54, 1.807) is 30.3 Å². The Morgan fingerprint density at radius 2 is 1.75 bits per heavy atom. The fourth-order valence-electron chi connectivity index (χ4n) is 2.87. The van der Waals surface area contributed by atoms with Gasteiger partial charge in [0.25, 0.3) is 11.1 Å². The summed E-state index contributed by atoms with van der Waals surface area (Å²) in [5.74, 6) is -0.761. The van der Waals surface area contributed by atoms with Crippen molar-refractivity contribution in [1.29, 1.82) is 0 Å². The Labute approximate surface area is 168 Å². The number of unbranched alkanes of at least 4 members (excludes halogenated alkanes) is 1. The van der Waals surface area contributed by atoms with Crippen LogP contribution in [-0.2, 0) is 16.0 Å². The van der Waals surface area contributed by atoms with Gasteiger partial charge >= 0.3 is 5.97 Å². The number of carbonyl (C=O) groups is 3. The summed E-state index contributed by atoms with van der Waals surface area (Å²) >= 11 is 0.911. The van der Waals surface area contributed by atoms with E-state index >= 15 is 0 Å². The summed E-state index contributed by atoms with van der Waals surface area (Å²) in [5, 5.41) is -0.316. The second kappa shape index (κ2) is 8.89. The van der Waals surface area contributed by atoms with E-state index in [1.807, 2.05) is 24.3 Å². The highest BCUT2D eigenvalue weighted by molar-refractivity contribution is 8.19. The molecule has 0 unspecified atom stereocenters. The number of amides is 2. The van der Waals surface area contributed by atoms with Crippen molar-refractivity contribution in [3.05, 3.63) is 70.1 Å². The Morgan fingerprint density at radius 1 is 1.07 bits per heavy atom. The molecular weight excluding hydrogens is 374 g/mol. The Bertz CT molecular complexity index is 917. The second-order valence-corrected chi connectivity index (χ2v) is 7.39. The van der Waals surface area contributed by atoms with Crippen LogP contribution in [0.1, 0.15) is 41.3 Å². The van der Waals surface area contributed by atoms with Crippen LogP contribution in [0.5, 0.6) is 0 Å². The lowest BCUT2D eigenvalue weighted by atomic mass is 10.1. The number of thioether (sulfide) groups is 1. The number of methoxy groups -OCH3 is 1. The van der Waals surface area contributed by atoms with Gasteiger partial charge in [-0.05, 0) is 66.1 Å². The Morgan fingerprint density at radius 3 is 2.36 bits per heavy atom. The van der Waals surface area contributed by atoms with E-state index in [0.717, 1.165) is 36.6 Å². The number of aryl methyl sites for hydroxylation is 1. The summed E-state index contributed by atoms with van der Waals surface area (Å²) in [4.78, 5) is 38.2. The number of carbonyl (C=O) groups excluding carboxylic acids is 3. The minimum absolute atomic E-state index is 0.316. The molecule has 2 aromatic carbocycles. The monoisotopic (exact) mass is 395 g/mol. The molecule has 1 aliphatic heterocycles. The maximum absolute atomic E-state index is 12.7. The first-order chi connectivity index (χ1) is 13.5. The summed E-state index contributed by atoms with van der Waals surface area (Å²) in [7, 11) is 1.32. The highest BCUT2D eigenvalue weighted by Crippen LogP contribution is 2.35. The number of ether oxygens (including phenoxy) is 1. The fourth-order valence-corrected chi connectivity index (χ4v) is 3.71. The maximum Gasteiger partial charge on any atom is 0.337 e. The Kier molecular flexibility index (Phi) is 6.31. The molecule has 1 fully saturated rings. The van der Waals surface area contributed by atoms with Gasteiger partial charge in [0.1, 0.15) is 0 Å². The van der Waals surface area contributed by atoms with Crippen molar-refractivity contribution in [2.75, 3.05) is 12.0 Å². The molecule has 0 saturated carbocycles. The largest absolute Gasteiger partial charge is 0.465 e. The topological polar surface area (TPSA) is 63.7 Å². The molecule has 2 aromatic rings. The van der Waals surface area contributed by atoms with Crippen molar-refractivity contribution in [3.8, 4) is 0 Å². The Hall–Kier alpha value is -2.86. The molecule has 0 N–H and O–H groups in total. The molecule has 0 radical (unpaired) electrons. The number of hydrogen-bond acceptors (Lipinski definition) is 5. The van der Waals surface area contributed by atoms with Crippen LogP contribution in [0.25, 0.3) is 6.08 Å². The van der Waals surface area contributed by atoms with Crippen LogP contribution in [0.2, 0.25) is 0 Å². The number of nitrogens with zero attached hydrogens (tertiary/aromatic N) is 1. The van der Waals surface area contributed by atoms with Gasteiger partial charge in [-0.2, -0.15) is 0 Å². The zero-order valence-electron chi connectivity index (χ0n) is 15.8. The first-order valence-electron chi connectivity index (χ1n) is 9.08. The van der Waals surface area contributed by atoms with E-state index in [0.29, 0.717) is 16.2 Å². The van der Waals surface area contributed by atoms with Gasteiger partial charge in [0.15, 0.2) is 0 Å². The minimum atomic E-state index is -0.422. The molecule has 0 bridgehead atoms. The lowest BCUT2D eigenvalue weighted by molar-refractivity contribution is -0.113. The number of imide groups is 1. The third-order valence-corrected chi connectivity index (χ3v) is 5.31. The van der Waals surface area contributed by atoms with Crippen LogP contribution in [0.3, 0.4) is 0 Å². The molecule has 1 heterocycles. The molecule has 3 rings (SSSR count). The van der Waals surface area contributed by atoms with Gasteiger partial charge in [-0.3, -0.25) is 9.59 Å². The number of rotatable bonds is 6. The molecule has 2 amide bonds. The van der Waals surface area contributed by atoms with Gasteiger partial charge in [0.2, 0.25) is 0 Å². The molecule has 0 aromatic heterocycles. The highest BCUT2D eigenvalue weighted by Gasteiger charge is 2.36. The highest BCUT2D eigenvalue weighted by atomic mass is 32.2. The van der Waals surface area contributed by atoms with E-state index in [-0.39, 0.29) is 11.1 Å². The Balaban J connectivity index is 1.77. The molecule has 28 heavy (non-hydrogen) atoms. The van der Waals surface area contributed by atoms with E-state index in [9.17, 15) is 14.4 Å². The van der Waals surface area contributed by atoms with E-state index in [4.69, 9.17) is 0 Å². The van der Waals surface area contributed by atoms with Crippen LogP contribution in [0, 0.1) is 0 Å². The normalized spacial score (nSPS) is 15.4. The third-order valence-electron chi connectivity index (χ3n) is 4.44. The van der Waals surface area contributed by atoms with Gasteiger partial charge in [0, 0.05) is 0 Å². The SMILES string of the molecule is CCCCc1ccc(N2C(=O)S/C(=C\c3ccc(C(=O)OC)cc3)C2=O)cc1. The molecule has 0 atom stereocenters. The van der Waals surface area contributed by atoms with E-state index < -0.39 is 5.97 Å². The van der Waals surface area contributed by atoms with Crippen molar-refractivity contribution in [2.45, 2.75) is 26.2 Å². The zero-order valence-corrected chi connectivity index (χ0v) is 16.6. The van der Waals surface area contributed by atoms with Crippen LogP contribution in [0.4, 0.5) is 10.5 Å². The number of hydrogen-bond donors (Lipinski definition) is 0. The molecule has 5 nitrogen and oxygen atoms in total. The van der Waals surface area contributed by atoms with Gasteiger partial charge < -0.3 is 4.74 Å². The number of anilines is 1. The smallest absolute Gasteiger partial charge is 0.337 e. The number of esters is 1. The second-order valence-electron chi connectivity index (χ2n) is 6.40. The minimum Gasteiger partial charge on any atom is -0.465 e. The van der Waals surface area contributed by atoms with Gasteiger partial charge in [-0.15, -0.1) is 0 Å². The zero-order chi connectivity index (χ0) is 20.1. The molecular formula is C22H21NO4S. The third kappa shape index (κ3) is 4.34. The van der Waals surface area contributed by atoms with Crippen molar-refractivity contribution in [2.24, 2.45) is 0 Å². The molecule has 1 saturated heterocycles. The average Bonchev–Trinajstić information content (AvgIpc) is 3.00. The molecule has 1 aliphatic rings. The van der Waals surface area contributed by atoms with Crippen molar-refractivity contribution in [3.63, 3.8) is 0 Å². The van der Waals surface area contributed by atoms with Gasteiger partial charge in [0.05, 0.1) is 23.3 Å². The summed E-state index contributed by atoms with van der Waals surface area (Å²) in [6.45, 7) is 2.14. The molecule has 0 spiro atoms. The van der Waals surface area contributed by atoms with E-state index in [2.05, 4.69) is 11.7 Å². The predicted octanol–water partition coefficient (Wildman–Crippen LogP) is 5.06.